The molecule has 11 nitrogen and oxygen atoms in total. The number of piperazine rings is 1. The van der Waals surface area contributed by atoms with Crippen LogP contribution in [0.15, 0.2) is 54.7 Å². The van der Waals surface area contributed by atoms with Gasteiger partial charge in [-0.05, 0) is 62.4 Å². The molecule has 8 rings (SSSR count). The summed E-state index contributed by atoms with van der Waals surface area (Å²) < 4.78 is 6.18. The molecule has 0 bridgehead atoms. The number of benzene rings is 2. The maximum atomic E-state index is 14.2. The zero-order valence-corrected chi connectivity index (χ0v) is 24.8. The smallest absolute Gasteiger partial charge is 0.280 e. The number of fused-ring (bicyclic) bond motifs is 5. The number of aromatic nitrogens is 1. The standard InChI is InChI=1S/C33H37N5O6/c1-31(30(41)38-25(14-19-8-4-3-5-9-19)28(39)37-13-7-12-26(37)33(38,43)44-31)35-29(40)32(42)16-22-21-10-6-11-23-27(21)20(17-34-23)15-24(22)36(2)18-32/h3-6,8-11,17,22,24-26,34,42-43H,7,12-16,18H2,1-2H3,(H,35,40)/t22-,24-,25+,26+,31-,32+,33+/m1/s1. The zero-order valence-electron chi connectivity index (χ0n) is 24.8. The number of nitrogens with zero attached hydrogens (tertiary/aromatic N) is 3. The number of carbonyl (C=O) groups excluding carboxylic acids is 3. The molecule has 3 aromatic rings. The fourth-order valence-corrected chi connectivity index (χ4v) is 8.68. The highest BCUT2D eigenvalue weighted by molar-refractivity contribution is 5.98. The summed E-state index contributed by atoms with van der Waals surface area (Å²) >= 11 is 0. The molecule has 230 valence electrons. The lowest BCUT2D eigenvalue weighted by atomic mass is 9.70. The summed E-state index contributed by atoms with van der Waals surface area (Å²) in [6, 6.07) is 13.7. The quantitative estimate of drug-likeness (QED) is 0.354. The number of H-pyrrole nitrogens is 1. The van der Waals surface area contributed by atoms with E-state index in [4.69, 9.17) is 4.74 Å². The Bertz CT molecular complexity index is 1690. The Balaban J connectivity index is 1.10. The Morgan fingerprint density at radius 1 is 1.14 bits per heavy atom. The Morgan fingerprint density at radius 2 is 1.93 bits per heavy atom. The van der Waals surface area contributed by atoms with Crippen LogP contribution in [0.5, 0.6) is 0 Å². The molecule has 4 saturated heterocycles. The number of piperidine rings is 1. The van der Waals surface area contributed by atoms with E-state index in [2.05, 4.69) is 16.4 Å². The van der Waals surface area contributed by atoms with Gasteiger partial charge in [-0.1, -0.05) is 42.5 Å². The van der Waals surface area contributed by atoms with Gasteiger partial charge in [0.1, 0.15) is 12.1 Å². The normalized spacial score (nSPS) is 36.4. The van der Waals surface area contributed by atoms with Crippen LogP contribution in [-0.4, -0.2) is 103 Å². The molecule has 0 unspecified atom stereocenters. The van der Waals surface area contributed by atoms with Gasteiger partial charge in [-0.15, -0.1) is 0 Å². The number of nitrogens with one attached hydrogen (secondary N) is 2. The van der Waals surface area contributed by atoms with Crippen molar-refractivity contribution >= 4 is 28.6 Å². The SMILES string of the molecule is CN1C[C@](O)(C(=O)N[C@]2(C)O[C@@]3(O)[C@@H]4CCCN4C(=O)[C@H](Cc4ccccc4)N3C2=O)C[C@@H]2c3cccc4[nH]cc(c34)C[C@H]21. The second-order valence-electron chi connectivity index (χ2n) is 13.4. The molecule has 11 heteroatoms. The van der Waals surface area contributed by atoms with E-state index in [9.17, 15) is 24.6 Å². The Hall–Kier alpha value is -3.77. The van der Waals surface area contributed by atoms with Gasteiger partial charge in [0, 0.05) is 48.6 Å². The monoisotopic (exact) mass is 599 g/mol. The molecule has 5 aliphatic rings. The van der Waals surface area contributed by atoms with Gasteiger partial charge in [0.25, 0.3) is 17.7 Å². The topological polar surface area (TPSA) is 138 Å². The summed E-state index contributed by atoms with van der Waals surface area (Å²) in [6.45, 7) is 1.92. The minimum absolute atomic E-state index is 0.0690. The molecule has 4 N–H and O–H groups in total. The van der Waals surface area contributed by atoms with Crippen LogP contribution in [0.2, 0.25) is 0 Å². The summed E-state index contributed by atoms with van der Waals surface area (Å²) in [7, 11) is 1.91. The molecule has 2 aromatic carbocycles. The molecule has 0 radical (unpaired) electrons. The first-order chi connectivity index (χ1) is 21.0. The van der Waals surface area contributed by atoms with Gasteiger partial charge in [0.15, 0.2) is 5.60 Å². The summed E-state index contributed by atoms with van der Waals surface area (Å²) in [5.74, 6) is -3.94. The lowest BCUT2D eigenvalue weighted by molar-refractivity contribution is -0.315. The van der Waals surface area contributed by atoms with Crippen LogP contribution in [0.4, 0.5) is 0 Å². The van der Waals surface area contributed by atoms with Gasteiger partial charge in [-0.2, -0.15) is 0 Å². The fourth-order valence-electron chi connectivity index (χ4n) is 8.68. The van der Waals surface area contributed by atoms with Crippen molar-refractivity contribution in [2.75, 3.05) is 20.1 Å². The van der Waals surface area contributed by atoms with Crippen LogP contribution in [0.3, 0.4) is 0 Å². The summed E-state index contributed by atoms with van der Waals surface area (Å²) in [6.07, 6.45) is 4.31. The van der Waals surface area contributed by atoms with Gasteiger partial charge >= 0.3 is 0 Å². The van der Waals surface area contributed by atoms with Gasteiger partial charge in [0.05, 0.1) is 0 Å². The Morgan fingerprint density at radius 3 is 2.73 bits per heavy atom. The van der Waals surface area contributed by atoms with E-state index < -0.39 is 41.1 Å². The highest BCUT2D eigenvalue weighted by Crippen LogP contribution is 2.48. The van der Waals surface area contributed by atoms with Crippen molar-refractivity contribution in [3.8, 4) is 0 Å². The van der Waals surface area contributed by atoms with Crippen molar-refractivity contribution in [2.45, 2.75) is 80.3 Å². The molecule has 4 fully saturated rings. The maximum absolute atomic E-state index is 14.2. The van der Waals surface area contributed by atoms with Crippen molar-refractivity contribution in [3.63, 3.8) is 0 Å². The number of rotatable bonds is 4. The van der Waals surface area contributed by atoms with Crippen molar-refractivity contribution in [1.29, 1.82) is 0 Å². The van der Waals surface area contributed by atoms with Gasteiger partial charge in [-0.25, -0.2) is 0 Å². The first-order valence-corrected chi connectivity index (χ1v) is 15.5. The van der Waals surface area contributed by atoms with Crippen molar-refractivity contribution in [3.05, 3.63) is 71.4 Å². The number of likely N-dealkylation sites (N-methyl/N-ethyl adjacent to an activating group) is 1. The van der Waals surface area contributed by atoms with Crippen molar-refractivity contribution in [1.82, 2.24) is 25.0 Å². The molecule has 7 atom stereocenters. The third kappa shape index (κ3) is 3.79. The largest absolute Gasteiger partial charge is 0.379 e. The minimum atomic E-state index is -2.12. The number of β-amino-alcohol motifs (C(OH)–C–C–N with tert-alkyl or cyclic N) is 1. The van der Waals surface area contributed by atoms with Crippen LogP contribution in [0, 0.1) is 0 Å². The number of ether oxygens (including phenoxy) is 1. The van der Waals surface area contributed by atoms with Gasteiger partial charge in [0.2, 0.25) is 11.6 Å². The Kier molecular flexibility index (Phi) is 5.91. The maximum Gasteiger partial charge on any atom is 0.280 e. The van der Waals surface area contributed by atoms with Crippen molar-refractivity contribution in [2.24, 2.45) is 0 Å². The first kappa shape index (κ1) is 27.8. The summed E-state index contributed by atoms with van der Waals surface area (Å²) in [5.41, 5.74) is 0.343. The number of aliphatic hydroxyl groups is 2. The van der Waals surface area contributed by atoms with E-state index in [1.807, 2.05) is 60.6 Å². The predicted octanol–water partition coefficient (Wildman–Crippen LogP) is 1.20. The fraction of sp³-hybridized carbons (Fsp3) is 0.485. The average molecular weight is 600 g/mol. The third-order valence-electron chi connectivity index (χ3n) is 10.7. The van der Waals surface area contributed by atoms with Crippen LogP contribution in [0.25, 0.3) is 10.9 Å². The van der Waals surface area contributed by atoms with Crippen LogP contribution >= 0.6 is 0 Å². The molecule has 0 spiro atoms. The second kappa shape index (κ2) is 9.37. The lowest BCUT2D eigenvalue weighted by Crippen LogP contribution is -2.71. The molecule has 44 heavy (non-hydrogen) atoms. The molecule has 1 aromatic heterocycles. The highest BCUT2D eigenvalue weighted by Gasteiger charge is 2.70. The van der Waals surface area contributed by atoms with E-state index >= 15 is 0 Å². The summed E-state index contributed by atoms with van der Waals surface area (Å²) in [5, 5.41) is 27.9. The highest BCUT2D eigenvalue weighted by atomic mass is 16.7. The van der Waals surface area contributed by atoms with Crippen LogP contribution < -0.4 is 5.32 Å². The van der Waals surface area contributed by atoms with E-state index in [0.717, 1.165) is 33.4 Å². The molecular weight excluding hydrogens is 562 g/mol. The Labute approximate surface area is 254 Å². The second-order valence-corrected chi connectivity index (χ2v) is 13.4. The minimum Gasteiger partial charge on any atom is -0.379 e. The molecule has 3 amide bonds. The number of hydrogen-bond acceptors (Lipinski definition) is 7. The number of hydrogen-bond donors (Lipinski definition) is 4. The number of aromatic amines is 1. The van der Waals surface area contributed by atoms with E-state index in [-0.39, 0.29) is 37.3 Å². The van der Waals surface area contributed by atoms with Gasteiger partial charge in [-0.3, -0.25) is 28.9 Å². The molecular formula is C33H37N5O6. The first-order valence-electron chi connectivity index (χ1n) is 15.5. The van der Waals surface area contributed by atoms with E-state index in [0.29, 0.717) is 19.4 Å². The number of likely N-dealkylation sites (tertiary alicyclic amines) is 1. The number of amides is 3. The molecule has 0 saturated carbocycles. The number of carbonyl (C=O) groups is 3. The van der Waals surface area contributed by atoms with E-state index in [1.165, 1.54) is 12.5 Å². The lowest BCUT2D eigenvalue weighted by Gasteiger charge is -2.49. The zero-order chi connectivity index (χ0) is 30.6. The van der Waals surface area contributed by atoms with Crippen LogP contribution in [-0.2, 0) is 32.0 Å². The average Bonchev–Trinajstić information content (AvgIpc) is 3.70. The van der Waals surface area contributed by atoms with Crippen LogP contribution in [0.1, 0.15) is 48.8 Å². The molecule has 1 aliphatic carbocycles. The van der Waals surface area contributed by atoms with Crippen molar-refractivity contribution < 1.29 is 29.3 Å². The van der Waals surface area contributed by atoms with Gasteiger partial charge < -0.3 is 25.4 Å². The molecule has 4 aliphatic heterocycles. The summed E-state index contributed by atoms with van der Waals surface area (Å²) in [4.78, 5) is 50.1. The molecule has 5 heterocycles. The van der Waals surface area contributed by atoms with E-state index in [1.54, 1.807) is 4.90 Å². The predicted molar refractivity (Wildman–Crippen MR) is 159 cm³/mol. The third-order valence-corrected chi connectivity index (χ3v) is 10.7.